The van der Waals surface area contributed by atoms with Crippen LogP contribution in [0.15, 0.2) is 48.8 Å². The molecule has 2 aliphatic rings. The van der Waals surface area contributed by atoms with Crippen molar-refractivity contribution < 1.29 is 14.4 Å². The largest absolute Gasteiger partial charge is 0.347 e. The number of carbonyl (C=O) groups excluding carboxylic acids is 3. The van der Waals surface area contributed by atoms with Crippen LogP contribution in [0.3, 0.4) is 0 Å². The number of nitrogens with one attached hydrogen (secondary N) is 1. The van der Waals surface area contributed by atoms with E-state index >= 15 is 0 Å². The van der Waals surface area contributed by atoms with E-state index in [1.165, 1.54) is 4.90 Å². The fourth-order valence-corrected chi connectivity index (χ4v) is 3.41. The molecule has 2 fully saturated rings. The first-order chi connectivity index (χ1) is 13.1. The molecule has 2 aromatic rings. The molecule has 0 spiro atoms. The minimum absolute atomic E-state index is 0.0969. The van der Waals surface area contributed by atoms with E-state index in [1.54, 1.807) is 18.5 Å². The van der Waals surface area contributed by atoms with Crippen LogP contribution in [-0.4, -0.2) is 40.2 Å². The first kappa shape index (κ1) is 17.3. The molecule has 138 valence electrons. The Morgan fingerprint density at radius 2 is 1.78 bits per heavy atom. The van der Waals surface area contributed by atoms with Crippen molar-refractivity contribution in [2.75, 3.05) is 11.4 Å². The molecule has 2 atom stereocenters. The zero-order chi connectivity index (χ0) is 18.8. The fraction of sp³-hybridized carbons (Fsp3) is 0.350. The summed E-state index contributed by atoms with van der Waals surface area (Å²) < 4.78 is 0. The number of carbonyl (C=O) groups is 3. The minimum atomic E-state index is -0.708. The van der Waals surface area contributed by atoms with Crippen molar-refractivity contribution in [3.63, 3.8) is 0 Å². The van der Waals surface area contributed by atoms with Crippen molar-refractivity contribution >= 4 is 23.5 Å². The number of ketones is 1. The molecule has 1 aliphatic heterocycles. The second-order valence-corrected chi connectivity index (χ2v) is 7.01. The summed E-state index contributed by atoms with van der Waals surface area (Å²) in [6.07, 6.45) is 5.31. The fourth-order valence-electron chi connectivity index (χ4n) is 3.41. The van der Waals surface area contributed by atoms with Gasteiger partial charge in [-0.15, -0.1) is 0 Å². The lowest BCUT2D eigenvalue weighted by Gasteiger charge is -2.15. The van der Waals surface area contributed by atoms with E-state index in [-0.39, 0.29) is 24.4 Å². The van der Waals surface area contributed by atoms with Crippen LogP contribution in [0.4, 0.5) is 5.95 Å². The molecule has 1 saturated heterocycles. The monoisotopic (exact) mass is 364 g/mol. The number of anilines is 1. The Bertz CT molecular complexity index is 852. The number of aromatic nitrogens is 2. The quantitative estimate of drug-likeness (QED) is 0.776. The van der Waals surface area contributed by atoms with Gasteiger partial charge in [0.2, 0.25) is 17.6 Å². The number of benzene rings is 1. The summed E-state index contributed by atoms with van der Waals surface area (Å²) in [6.45, 7) is 0.122. The van der Waals surface area contributed by atoms with Gasteiger partial charge >= 0.3 is 0 Å². The van der Waals surface area contributed by atoms with E-state index in [4.69, 9.17) is 0 Å². The van der Waals surface area contributed by atoms with Gasteiger partial charge in [0.15, 0.2) is 0 Å². The summed E-state index contributed by atoms with van der Waals surface area (Å²) >= 11 is 0. The van der Waals surface area contributed by atoms with Crippen molar-refractivity contribution in [1.82, 2.24) is 15.3 Å². The summed E-state index contributed by atoms with van der Waals surface area (Å²) in [5, 5.41) is 2.73. The van der Waals surface area contributed by atoms with E-state index in [9.17, 15) is 14.4 Å². The molecule has 7 nitrogen and oxygen atoms in total. The number of hydrogen-bond acceptors (Lipinski definition) is 5. The Labute approximate surface area is 156 Å². The van der Waals surface area contributed by atoms with Crippen molar-refractivity contribution in [1.29, 1.82) is 0 Å². The predicted molar refractivity (Wildman–Crippen MR) is 97.7 cm³/mol. The zero-order valence-corrected chi connectivity index (χ0v) is 14.7. The van der Waals surface area contributed by atoms with Crippen molar-refractivity contribution in [2.45, 2.75) is 25.3 Å². The molecule has 1 N–H and O–H groups in total. The summed E-state index contributed by atoms with van der Waals surface area (Å²) in [5.74, 6) is -2.39. The van der Waals surface area contributed by atoms with Crippen molar-refractivity contribution in [3.05, 3.63) is 54.4 Å². The van der Waals surface area contributed by atoms with Gasteiger partial charge in [-0.1, -0.05) is 30.3 Å². The number of Topliss-reactive ketones (excluding diaryl/α,β-unsaturated/α-hetero) is 1. The Morgan fingerprint density at radius 1 is 1.07 bits per heavy atom. The summed E-state index contributed by atoms with van der Waals surface area (Å²) in [6, 6.07) is 11.3. The standard InChI is InChI=1S/C20H20N4O3/c25-17(18(26)23-14-7-8-14)16-12-24(20-21-9-4-10-22-20)19(27)15(16)11-13-5-2-1-3-6-13/h1-6,9-10,14-16H,7-8,11-12H2,(H,23,26)/t15-,16+/m1/s1. The normalized spacial score (nSPS) is 21.9. The molecule has 0 bridgehead atoms. The van der Waals surface area contributed by atoms with Gasteiger partial charge in [0, 0.05) is 25.0 Å². The maximum atomic E-state index is 13.0. The minimum Gasteiger partial charge on any atom is -0.347 e. The second kappa shape index (κ2) is 7.26. The van der Waals surface area contributed by atoms with Gasteiger partial charge in [0.25, 0.3) is 5.91 Å². The third-order valence-electron chi connectivity index (χ3n) is 5.01. The molecule has 1 saturated carbocycles. The first-order valence-electron chi connectivity index (χ1n) is 9.10. The van der Waals surface area contributed by atoms with Crippen LogP contribution in [0, 0.1) is 11.8 Å². The molecular weight excluding hydrogens is 344 g/mol. The van der Waals surface area contributed by atoms with Gasteiger partial charge in [0.1, 0.15) is 0 Å². The van der Waals surface area contributed by atoms with E-state index in [0.717, 1.165) is 18.4 Å². The molecule has 1 aliphatic carbocycles. The second-order valence-electron chi connectivity index (χ2n) is 7.01. The van der Waals surface area contributed by atoms with Crippen LogP contribution >= 0.6 is 0 Å². The molecule has 2 amide bonds. The molecule has 1 aromatic carbocycles. The number of amides is 2. The molecule has 7 heteroatoms. The van der Waals surface area contributed by atoms with Gasteiger partial charge in [-0.05, 0) is 30.9 Å². The third-order valence-corrected chi connectivity index (χ3v) is 5.01. The van der Waals surface area contributed by atoms with E-state index < -0.39 is 23.5 Å². The summed E-state index contributed by atoms with van der Waals surface area (Å²) in [4.78, 5) is 47.8. The average molecular weight is 364 g/mol. The molecule has 27 heavy (non-hydrogen) atoms. The van der Waals surface area contributed by atoms with E-state index in [1.807, 2.05) is 30.3 Å². The predicted octanol–water partition coefficient (Wildman–Crippen LogP) is 1.15. The van der Waals surface area contributed by atoms with Crippen molar-refractivity contribution in [3.8, 4) is 0 Å². The smallest absolute Gasteiger partial charge is 0.287 e. The van der Waals surface area contributed by atoms with Crippen LogP contribution in [-0.2, 0) is 20.8 Å². The highest BCUT2D eigenvalue weighted by atomic mass is 16.2. The average Bonchev–Trinajstić information content (AvgIpc) is 3.46. The van der Waals surface area contributed by atoms with Crippen LogP contribution in [0.5, 0.6) is 0 Å². The lowest BCUT2D eigenvalue weighted by Crippen LogP contribution is -2.39. The van der Waals surface area contributed by atoms with Gasteiger partial charge < -0.3 is 5.32 Å². The first-order valence-corrected chi connectivity index (χ1v) is 9.10. The Balaban J connectivity index is 1.59. The Kier molecular flexibility index (Phi) is 4.66. The Hall–Kier alpha value is -3.09. The molecule has 0 unspecified atom stereocenters. The molecule has 1 aromatic heterocycles. The number of hydrogen-bond donors (Lipinski definition) is 1. The highest BCUT2D eigenvalue weighted by Crippen LogP contribution is 2.31. The maximum Gasteiger partial charge on any atom is 0.287 e. The number of rotatable bonds is 6. The maximum absolute atomic E-state index is 13.0. The third kappa shape index (κ3) is 3.72. The van der Waals surface area contributed by atoms with Crippen LogP contribution in [0.25, 0.3) is 0 Å². The highest BCUT2D eigenvalue weighted by Gasteiger charge is 2.47. The SMILES string of the molecule is O=C(NC1CC1)C(=O)[C@H]1CN(c2ncccn2)C(=O)[C@@H]1Cc1ccccc1. The summed E-state index contributed by atoms with van der Waals surface area (Å²) in [7, 11) is 0. The molecule has 2 heterocycles. The van der Waals surface area contributed by atoms with Gasteiger partial charge in [-0.3, -0.25) is 19.3 Å². The molecule has 4 rings (SSSR count). The molecular formula is C20H20N4O3. The lowest BCUT2D eigenvalue weighted by molar-refractivity contribution is -0.141. The zero-order valence-electron chi connectivity index (χ0n) is 14.7. The lowest BCUT2D eigenvalue weighted by atomic mass is 9.86. The van der Waals surface area contributed by atoms with Crippen LogP contribution < -0.4 is 10.2 Å². The van der Waals surface area contributed by atoms with Gasteiger partial charge in [-0.2, -0.15) is 0 Å². The Morgan fingerprint density at radius 3 is 2.44 bits per heavy atom. The van der Waals surface area contributed by atoms with Crippen molar-refractivity contribution in [2.24, 2.45) is 11.8 Å². The molecule has 0 radical (unpaired) electrons. The number of nitrogens with zero attached hydrogens (tertiary/aromatic N) is 3. The topological polar surface area (TPSA) is 92.3 Å². The summed E-state index contributed by atoms with van der Waals surface area (Å²) in [5.41, 5.74) is 0.951. The van der Waals surface area contributed by atoms with Gasteiger partial charge in [0.05, 0.1) is 11.8 Å². The highest BCUT2D eigenvalue weighted by molar-refractivity contribution is 6.38. The van der Waals surface area contributed by atoms with E-state index in [2.05, 4.69) is 15.3 Å². The van der Waals surface area contributed by atoms with Crippen LogP contribution in [0.2, 0.25) is 0 Å². The van der Waals surface area contributed by atoms with E-state index in [0.29, 0.717) is 6.42 Å². The van der Waals surface area contributed by atoms with Gasteiger partial charge in [-0.25, -0.2) is 9.97 Å². The van der Waals surface area contributed by atoms with Crippen LogP contribution in [0.1, 0.15) is 18.4 Å².